The molecule has 0 heterocycles. The molecule has 7 nitrogen and oxygen atoms in total. The van der Waals surface area contributed by atoms with Gasteiger partial charge in [0.25, 0.3) is 0 Å². The van der Waals surface area contributed by atoms with E-state index in [1.807, 2.05) is 0 Å². The lowest BCUT2D eigenvalue weighted by Gasteiger charge is -2.16. The van der Waals surface area contributed by atoms with Crippen LogP contribution in [0.3, 0.4) is 0 Å². The second-order valence-electron chi connectivity index (χ2n) is 2.02. The molecule has 0 aromatic carbocycles. The van der Waals surface area contributed by atoms with Crippen molar-refractivity contribution in [2.45, 2.75) is 0 Å². The zero-order valence-electron chi connectivity index (χ0n) is 6.65. The van der Waals surface area contributed by atoms with Crippen LogP contribution in [0.25, 0.3) is 0 Å². The van der Waals surface area contributed by atoms with Gasteiger partial charge in [0, 0.05) is 0 Å². The van der Waals surface area contributed by atoms with Gasteiger partial charge in [-0.05, 0) is 18.6 Å². The van der Waals surface area contributed by atoms with E-state index in [0.29, 0.717) is 0 Å². The summed E-state index contributed by atoms with van der Waals surface area (Å²) in [5.41, 5.74) is 21.7. The van der Waals surface area contributed by atoms with Gasteiger partial charge in [0.1, 0.15) is 0 Å². The van der Waals surface area contributed by atoms with Gasteiger partial charge >= 0.3 is 7.87 Å². The lowest BCUT2D eigenvalue weighted by Crippen LogP contribution is -2.27. The summed E-state index contributed by atoms with van der Waals surface area (Å²) in [6.07, 6.45) is 0. The van der Waals surface area contributed by atoms with Crippen molar-refractivity contribution in [3.63, 3.8) is 0 Å². The van der Waals surface area contributed by atoms with E-state index in [0.717, 1.165) is 0 Å². The Bertz CT molecular complexity index is 162. The molecular weight excluding hydrogens is 184 g/mol. The SMILES string of the molecule is CNP(N)(=N[P+](N)(N)N)NC. The van der Waals surface area contributed by atoms with Crippen LogP contribution in [0.15, 0.2) is 4.52 Å². The largest absolute Gasteiger partial charge is 0.342 e. The van der Waals surface area contributed by atoms with Crippen molar-refractivity contribution in [1.29, 1.82) is 0 Å². The topological polar surface area (TPSA) is 140 Å². The summed E-state index contributed by atoms with van der Waals surface area (Å²) in [7, 11) is -1.56. The summed E-state index contributed by atoms with van der Waals surface area (Å²) < 4.78 is 3.89. The van der Waals surface area contributed by atoms with Crippen LogP contribution < -0.4 is 32.2 Å². The third kappa shape index (κ3) is 4.79. The molecule has 9 heteroatoms. The normalized spacial score (nSPS) is 13.3. The van der Waals surface area contributed by atoms with Crippen molar-refractivity contribution in [2.75, 3.05) is 14.1 Å². The van der Waals surface area contributed by atoms with Crippen LogP contribution in [0, 0.1) is 0 Å². The van der Waals surface area contributed by atoms with Crippen molar-refractivity contribution >= 4 is 15.4 Å². The van der Waals surface area contributed by atoms with Crippen molar-refractivity contribution in [1.82, 2.24) is 10.2 Å². The lowest BCUT2D eigenvalue weighted by atomic mass is 11.6. The maximum Gasteiger partial charge on any atom is 0.342 e. The van der Waals surface area contributed by atoms with Gasteiger partial charge in [0.15, 0.2) is 0 Å². The Hall–Kier alpha value is 0.420. The van der Waals surface area contributed by atoms with Crippen molar-refractivity contribution < 1.29 is 0 Å². The molecule has 0 fully saturated rings. The van der Waals surface area contributed by atoms with Gasteiger partial charge in [0.2, 0.25) is 7.51 Å². The van der Waals surface area contributed by atoms with E-state index >= 15 is 0 Å². The summed E-state index contributed by atoms with van der Waals surface area (Å²) in [5.74, 6) is 0. The second kappa shape index (κ2) is 3.89. The van der Waals surface area contributed by atoms with E-state index < -0.39 is 15.4 Å². The monoisotopic (exact) mass is 200 g/mol. The molecule has 11 heavy (non-hydrogen) atoms. The predicted molar refractivity (Wildman–Crippen MR) is 51.1 cm³/mol. The fourth-order valence-electron chi connectivity index (χ4n) is 0.446. The number of hydrogen-bond donors (Lipinski definition) is 6. The van der Waals surface area contributed by atoms with Gasteiger partial charge in [-0.1, -0.05) is 0 Å². The number of nitrogens with one attached hydrogen (secondary N) is 2. The molecule has 0 unspecified atom stereocenters. The maximum absolute atomic E-state index is 5.69. The molecule has 68 valence electrons. The molecule has 0 aliphatic rings. The Morgan fingerprint density at radius 2 is 1.55 bits per heavy atom. The molecule has 0 rings (SSSR count). The summed E-state index contributed by atoms with van der Waals surface area (Å²) in [4.78, 5) is 0. The molecule has 0 aromatic rings. The molecule has 0 aromatic heterocycles. The van der Waals surface area contributed by atoms with Crippen LogP contribution in [-0.4, -0.2) is 14.1 Å². The number of nitrogens with two attached hydrogens (primary N) is 4. The summed E-state index contributed by atoms with van der Waals surface area (Å²) in [5, 5.41) is 5.57. The minimum Gasteiger partial charge on any atom is -0.271 e. The molecule has 0 bridgehead atoms. The van der Waals surface area contributed by atoms with Crippen molar-refractivity contribution in [3.8, 4) is 0 Å². The first-order chi connectivity index (χ1) is 4.83. The van der Waals surface area contributed by atoms with Crippen LogP contribution in [0.2, 0.25) is 0 Å². The first kappa shape index (κ1) is 11.4. The van der Waals surface area contributed by atoms with Crippen LogP contribution in [0.1, 0.15) is 0 Å². The highest BCUT2D eigenvalue weighted by Gasteiger charge is 2.25. The molecule has 0 atom stereocenters. The van der Waals surface area contributed by atoms with Gasteiger partial charge in [-0.15, -0.1) is 0 Å². The Labute approximate surface area is 67.0 Å². The van der Waals surface area contributed by atoms with Gasteiger partial charge in [-0.2, -0.15) is 16.5 Å². The molecule has 0 saturated carbocycles. The minimum absolute atomic E-state index is 1.67. The lowest BCUT2D eigenvalue weighted by molar-refractivity contribution is 1.11. The van der Waals surface area contributed by atoms with E-state index in [4.69, 9.17) is 22.0 Å². The molecule has 0 aliphatic heterocycles. The Balaban J connectivity index is 4.61. The highest BCUT2D eigenvalue weighted by atomic mass is 31.2. The quantitative estimate of drug-likeness (QED) is 0.319. The first-order valence-corrected chi connectivity index (χ1v) is 6.64. The summed E-state index contributed by atoms with van der Waals surface area (Å²) in [6, 6.07) is 0. The molecule has 0 aliphatic carbocycles. The van der Waals surface area contributed by atoms with Crippen LogP contribution in [-0.2, 0) is 0 Å². The smallest absolute Gasteiger partial charge is 0.271 e. The standard InChI is InChI=1S/C2H16N7P2/c1-7-11(6,8-2)9-10(3,4)5/h7-8H,3-6H2,1-2H3/q+1. The highest BCUT2D eigenvalue weighted by Crippen LogP contribution is 2.45. The highest BCUT2D eigenvalue weighted by molar-refractivity contribution is 7.75. The fourth-order valence-corrected chi connectivity index (χ4v) is 3.34. The predicted octanol–water partition coefficient (Wildman–Crippen LogP) is -1.12. The Morgan fingerprint density at radius 1 is 1.18 bits per heavy atom. The summed E-state index contributed by atoms with van der Waals surface area (Å²) >= 11 is 0. The molecule has 10 N–H and O–H groups in total. The second-order valence-corrected chi connectivity index (χ2v) is 6.58. The maximum atomic E-state index is 5.69. The van der Waals surface area contributed by atoms with E-state index in [1.165, 1.54) is 0 Å². The number of hydrogen-bond acceptors (Lipinski definition) is 4. The van der Waals surface area contributed by atoms with E-state index in [9.17, 15) is 0 Å². The van der Waals surface area contributed by atoms with Crippen LogP contribution >= 0.6 is 15.4 Å². The average Bonchev–Trinajstić information content (AvgIpc) is 1.84. The zero-order valence-corrected chi connectivity index (χ0v) is 8.44. The Morgan fingerprint density at radius 3 is 1.64 bits per heavy atom. The molecule has 0 amide bonds. The fraction of sp³-hybridized carbons (Fsp3) is 1.00. The molecule has 0 saturated heterocycles. The van der Waals surface area contributed by atoms with E-state index in [1.54, 1.807) is 14.1 Å². The molecule has 0 radical (unpaired) electrons. The number of nitrogens with zero attached hydrogens (tertiary/aromatic N) is 1. The Kier molecular flexibility index (Phi) is 4.04. The number of rotatable bonds is 3. The van der Waals surface area contributed by atoms with Crippen molar-refractivity contribution in [2.24, 2.45) is 26.5 Å². The van der Waals surface area contributed by atoms with E-state index in [-0.39, 0.29) is 0 Å². The third-order valence-corrected chi connectivity index (χ3v) is 4.71. The zero-order chi connectivity index (χ0) is 9.12. The van der Waals surface area contributed by atoms with Crippen LogP contribution in [0.4, 0.5) is 0 Å². The molecular formula is C2H16N7P2+. The third-order valence-electron chi connectivity index (χ3n) is 0.978. The summed E-state index contributed by atoms with van der Waals surface area (Å²) in [6.45, 7) is 0. The first-order valence-electron chi connectivity index (χ1n) is 2.88. The van der Waals surface area contributed by atoms with Gasteiger partial charge in [0.05, 0.1) is 0 Å². The van der Waals surface area contributed by atoms with Gasteiger partial charge < -0.3 is 0 Å². The van der Waals surface area contributed by atoms with E-state index in [2.05, 4.69) is 14.7 Å². The average molecular weight is 200 g/mol. The minimum atomic E-state index is -2.65. The van der Waals surface area contributed by atoms with Gasteiger partial charge in [-0.25, -0.2) is 0 Å². The van der Waals surface area contributed by atoms with Gasteiger partial charge in [-0.3, -0.25) is 15.7 Å². The molecule has 0 spiro atoms. The van der Waals surface area contributed by atoms with Crippen LogP contribution in [0.5, 0.6) is 0 Å². The van der Waals surface area contributed by atoms with Crippen molar-refractivity contribution in [3.05, 3.63) is 0 Å².